The highest BCUT2D eigenvalue weighted by Gasteiger charge is 2.35. The van der Waals surface area contributed by atoms with Gasteiger partial charge in [0.1, 0.15) is 6.10 Å². The summed E-state index contributed by atoms with van der Waals surface area (Å²) in [4.78, 5) is 25.3. The van der Waals surface area contributed by atoms with Crippen LogP contribution in [-0.4, -0.2) is 29.5 Å². The van der Waals surface area contributed by atoms with E-state index in [-0.39, 0.29) is 24.0 Å². The van der Waals surface area contributed by atoms with Crippen LogP contribution in [0.2, 0.25) is 0 Å². The number of carbonyl (C=O) groups is 2. The van der Waals surface area contributed by atoms with Crippen molar-refractivity contribution in [3.8, 4) is 0 Å². The Kier molecular flexibility index (Phi) is 5.68. The maximum atomic E-state index is 12.7. The maximum absolute atomic E-state index is 12.7. The van der Waals surface area contributed by atoms with Crippen molar-refractivity contribution in [1.29, 1.82) is 0 Å². The molecule has 1 aliphatic rings. The van der Waals surface area contributed by atoms with Gasteiger partial charge in [-0.2, -0.15) is 0 Å². The molecule has 2 amide bonds. The van der Waals surface area contributed by atoms with Crippen molar-refractivity contribution in [2.24, 2.45) is 0 Å². The van der Waals surface area contributed by atoms with Gasteiger partial charge >= 0.3 is 0 Å². The fourth-order valence-corrected chi connectivity index (χ4v) is 2.81. The summed E-state index contributed by atoms with van der Waals surface area (Å²) in [5.41, 5.74) is 4.89. The second kappa shape index (κ2) is 8.15. The number of rotatable bonds is 6. The first kappa shape index (κ1) is 18.1. The van der Waals surface area contributed by atoms with Crippen LogP contribution in [0.1, 0.15) is 59.1 Å². The normalized spacial score (nSPS) is 18.2. The molecular weight excluding hydrogens is 328 g/mol. The predicted molar refractivity (Wildman–Crippen MR) is 99.6 cm³/mol. The number of nitrogens with zero attached hydrogens (tertiary/aromatic N) is 1. The molecule has 0 radical (unpaired) electrons. The maximum Gasteiger partial charge on any atom is 0.272 e. The fourth-order valence-electron chi connectivity index (χ4n) is 2.81. The summed E-state index contributed by atoms with van der Waals surface area (Å²) in [6.45, 7) is 4.54. The monoisotopic (exact) mass is 352 g/mol. The number of epoxide rings is 1. The van der Waals surface area contributed by atoms with Gasteiger partial charge in [-0.3, -0.25) is 15.0 Å². The topological polar surface area (TPSA) is 61.9 Å². The largest absolute Gasteiger partial charge is 0.365 e. The molecular formula is C21H24N2O3. The Balaban J connectivity index is 1.69. The lowest BCUT2D eigenvalue weighted by Crippen LogP contribution is -2.46. The third kappa shape index (κ3) is 4.29. The number of nitrogens with one attached hydrogen (secondary N) is 1. The van der Waals surface area contributed by atoms with Gasteiger partial charge in [0.2, 0.25) is 0 Å². The van der Waals surface area contributed by atoms with E-state index in [1.807, 2.05) is 44.2 Å². The summed E-state index contributed by atoms with van der Waals surface area (Å²) < 4.78 is 5.44. The van der Waals surface area contributed by atoms with E-state index < -0.39 is 0 Å². The predicted octanol–water partition coefficient (Wildman–Crippen LogP) is 3.73. The van der Waals surface area contributed by atoms with Gasteiger partial charge in [-0.15, -0.1) is 0 Å². The SMILES string of the molecule is CCCCN(NC(=O)c1ccc(C2OC2C)cc1)C(=O)c1ccccc1. The Morgan fingerprint density at radius 2 is 1.69 bits per heavy atom. The van der Waals surface area contributed by atoms with E-state index in [4.69, 9.17) is 4.74 Å². The van der Waals surface area contributed by atoms with Crippen LogP contribution in [0.15, 0.2) is 54.6 Å². The molecule has 0 aliphatic carbocycles. The Labute approximate surface area is 153 Å². The number of amides is 2. The lowest BCUT2D eigenvalue weighted by atomic mass is 10.1. The van der Waals surface area contributed by atoms with E-state index in [2.05, 4.69) is 5.43 Å². The molecule has 2 unspecified atom stereocenters. The fraction of sp³-hybridized carbons (Fsp3) is 0.333. The number of unbranched alkanes of at least 4 members (excludes halogenated alkanes) is 1. The van der Waals surface area contributed by atoms with Crippen molar-refractivity contribution in [2.75, 3.05) is 6.54 Å². The van der Waals surface area contributed by atoms with Crippen molar-refractivity contribution in [3.63, 3.8) is 0 Å². The second-order valence-corrected chi connectivity index (χ2v) is 6.50. The Hall–Kier alpha value is -2.66. The van der Waals surface area contributed by atoms with E-state index in [1.165, 1.54) is 5.01 Å². The van der Waals surface area contributed by atoms with Gasteiger partial charge in [-0.05, 0) is 43.2 Å². The van der Waals surface area contributed by atoms with E-state index >= 15 is 0 Å². The number of hydrazine groups is 1. The summed E-state index contributed by atoms with van der Waals surface area (Å²) in [5, 5.41) is 1.40. The van der Waals surface area contributed by atoms with Gasteiger partial charge in [0.05, 0.1) is 6.10 Å². The number of carbonyl (C=O) groups excluding carboxylic acids is 2. The zero-order valence-corrected chi connectivity index (χ0v) is 15.1. The number of ether oxygens (including phenoxy) is 1. The molecule has 5 heteroatoms. The third-order valence-electron chi connectivity index (χ3n) is 4.45. The Morgan fingerprint density at radius 1 is 1.04 bits per heavy atom. The molecule has 0 aromatic heterocycles. The van der Waals surface area contributed by atoms with E-state index in [0.29, 0.717) is 17.7 Å². The van der Waals surface area contributed by atoms with Crippen LogP contribution in [0, 0.1) is 0 Å². The summed E-state index contributed by atoms with van der Waals surface area (Å²) in [5.74, 6) is -0.495. The number of benzene rings is 2. The average molecular weight is 352 g/mol. The number of hydrogen-bond acceptors (Lipinski definition) is 3. The van der Waals surface area contributed by atoms with E-state index in [9.17, 15) is 9.59 Å². The van der Waals surface area contributed by atoms with Gasteiger partial charge in [-0.25, -0.2) is 5.01 Å². The molecule has 5 nitrogen and oxygen atoms in total. The Morgan fingerprint density at radius 3 is 2.27 bits per heavy atom. The molecule has 0 bridgehead atoms. The van der Waals surface area contributed by atoms with Gasteiger partial charge < -0.3 is 4.74 Å². The van der Waals surface area contributed by atoms with Crippen molar-refractivity contribution in [3.05, 3.63) is 71.3 Å². The van der Waals surface area contributed by atoms with Crippen LogP contribution in [-0.2, 0) is 4.74 Å². The first-order valence-electron chi connectivity index (χ1n) is 9.03. The highest BCUT2D eigenvalue weighted by molar-refractivity contribution is 5.99. The summed E-state index contributed by atoms with van der Waals surface area (Å²) in [6.07, 6.45) is 2.12. The molecule has 1 heterocycles. The molecule has 1 saturated heterocycles. The number of hydrogen-bond donors (Lipinski definition) is 1. The molecule has 2 atom stereocenters. The summed E-state index contributed by atoms with van der Waals surface area (Å²) in [7, 11) is 0. The van der Waals surface area contributed by atoms with Gasteiger partial charge in [0, 0.05) is 17.7 Å². The Bertz CT molecular complexity index is 759. The van der Waals surface area contributed by atoms with Crippen LogP contribution >= 0.6 is 0 Å². The van der Waals surface area contributed by atoms with Gasteiger partial charge in [-0.1, -0.05) is 43.7 Å². The molecule has 0 spiro atoms. The third-order valence-corrected chi connectivity index (χ3v) is 4.45. The minimum atomic E-state index is -0.290. The minimum absolute atomic E-state index is 0.132. The quantitative estimate of drug-likeness (QED) is 0.636. The molecule has 1 N–H and O–H groups in total. The lowest BCUT2D eigenvalue weighted by Gasteiger charge is -2.23. The van der Waals surface area contributed by atoms with Crippen molar-refractivity contribution >= 4 is 11.8 Å². The first-order chi connectivity index (χ1) is 12.6. The first-order valence-corrected chi connectivity index (χ1v) is 9.03. The van der Waals surface area contributed by atoms with Crippen LogP contribution in [0.25, 0.3) is 0 Å². The average Bonchev–Trinajstić information content (AvgIpc) is 3.42. The van der Waals surface area contributed by atoms with Crippen molar-refractivity contribution in [2.45, 2.75) is 38.9 Å². The minimum Gasteiger partial charge on any atom is -0.365 e. The zero-order chi connectivity index (χ0) is 18.5. The smallest absolute Gasteiger partial charge is 0.272 e. The molecule has 2 aromatic rings. The van der Waals surface area contributed by atoms with Gasteiger partial charge in [0.25, 0.3) is 11.8 Å². The molecule has 1 fully saturated rings. The second-order valence-electron chi connectivity index (χ2n) is 6.50. The van der Waals surface area contributed by atoms with Crippen molar-refractivity contribution in [1.82, 2.24) is 10.4 Å². The molecule has 3 rings (SSSR count). The molecule has 1 aliphatic heterocycles. The van der Waals surface area contributed by atoms with E-state index in [0.717, 1.165) is 18.4 Å². The molecule has 26 heavy (non-hydrogen) atoms. The lowest BCUT2D eigenvalue weighted by molar-refractivity contribution is 0.0580. The van der Waals surface area contributed by atoms with Crippen LogP contribution in [0.5, 0.6) is 0 Å². The molecule has 0 saturated carbocycles. The van der Waals surface area contributed by atoms with Crippen LogP contribution in [0.3, 0.4) is 0 Å². The van der Waals surface area contributed by atoms with Crippen molar-refractivity contribution < 1.29 is 14.3 Å². The van der Waals surface area contributed by atoms with Crippen LogP contribution < -0.4 is 5.43 Å². The highest BCUT2D eigenvalue weighted by Crippen LogP contribution is 2.37. The van der Waals surface area contributed by atoms with Gasteiger partial charge in [0.15, 0.2) is 0 Å². The summed E-state index contributed by atoms with van der Waals surface area (Å²) >= 11 is 0. The van der Waals surface area contributed by atoms with E-state index in [1.54, 1.807) is 24.3 Å². The standard InChI is InChI=1S/C21H24N2O3/c1-3-4-14-23(21(25)18-8-6-5-7-9-18)22-20(24)17-12-10-16(11-13-17)19-15(2)26-19/h5-13,15,19H,3-4,14H2,1-2H3,(H,22,24). The van der Waals surface area contributed by atoms with Crippen LogP contribution in [0.4, 0.5) is 0 Å². The highest BCUT2D eigenvalue weighted by atomic mass is 16.6. The summed E-state index contributed by atoms with van der Waals surface area (Å²) in [6, 6.07) is 16.3. The molecule has 2 aromatic carbocycles. The zero-order valence-electron chi connectivity index (χ0n) is 15.1. The molecule has 136 valence electrons.